The van der Waals surface area contributed by atoms with Crippen LogP contribution in [0.4, 0.5) is 0 Å². The van der Waals surface area contributed by atoms with Crippen molar-refractivity contribution < 1.29 is 0 Å². The van der Waals surface area contributed by atoms with Crippen LogP contribution in [0.1, 0.15) is 37.7 Å². The number of rotatable bonds is 2. The van der Waals surface area contributed by atoms with Crippen LogP contribution in [0.5, 0.6) is 0 Å². The van der Waals surface area contributed by atoms with Crippen molar-refractivity contribution in [3.8, 4) is 0 Å². The molecule has 1 fully saturated rings. The molecule has 0 bridgehead atoms. The van der Waals surface area contributed by atoms with Gasteiger partial charge in [-0.25, -0.2) is 0 Å². The molecular weight excluding hydrogens is 284 g/mol. The Hall–Kier alpha value is -0.0100. The highest BCUT2D eigenvalue weighted by Gasteiger charge is 2.18. The Morgan fingerprint density at radius 3 is 2.88 bits per heavy atom. The van der Waals surface area contributed by atoms with Gasteiger partial charge >= 0.3 is 0 Å². The van der Waals surface area contributed by atoms with Gasteiger partial charge in [0.05, 0.1) is 0 Å². The first-order chi connectivity index (χ1) is 7.74. The Morgan fingerprint density at radius 1 is 1.25 bits per heavy atom. The molecule has 88 valence electrons. The lowest BCUT2D eigenvalue weighted by Crippen LogP contribution is -2.08. The molecule has 0 heterocycles. The molecule has 1 aliphatic carbocycles. The van der Waals surface area contributed by atoms with E-state index < -0.39 is 0 Å². The highest BCUT2D eigenvalue weighted by Crippen LogP contribution is 2.30. The Kier molecular flexibility index (Phi) is 4.72. The summed E-state index contributed by atoms with van der Waals surface area (Å²) in [5.41, 5.74) is 1.39. The Bertz CT molecular complexity index is 337. The predicted octanol–water partition coefficient (Wildman–Crippen LogP) is 5.23. The zero-order valence-electron chi connectivity index (χ0n) is 9.46. The van der Waals surface area contributed by atoms with E-state index in [9.17, 15) is 0 Å². The van der Waals surface area contributed by atoms with Crippen LogP contribution in [-0.2, 0) is 6.42 Å². The lowest BCUT2D eigenvalue weighted by molar-refractivity contribution is 0.463. The monoisotopic (exact) mass is 300 g/mol. The van der Waals surface area contributed by atoms with Crippen LogP contribution in [-0.4, -0.2) is 4.83 Å². The molecule has 0 saturated heterocycles. The number of hydrogen-bond donors (Lipinski definition) is 0. The summed E-state index contributed by atoms with van der Waals surface area (Å²) in [6, 6.07) is 8.31. The molecule has 0 nitrogen and oxygen atoms in total. The molecule has 16 heavy (non-hydrogen) atoms. The summed E-state index contributed by atoms with van der Waals surface area (Å²) in [6.07, 6.45) is 7.96. The molecule has 0 aromatic heterocycles. The molecule has 1 saturated carbocycles. The highest BCUT2D eigenvalue weighted by atomic mass is 79.9. The normalized spacial score (nSPS) is 26.4. The third-order valence-corrected chi connectivity index (χ3v) is 4.45. The van der Waals surface area contributed by atoms with Gasteiger partial charge in [-0.15, -0.1) is 0 Å². The van der Waals surface area contributed by atoms with E-state index in [0.717, 1.165) is 15.8 Å². The van der Waals surface area contributed by atoms with E-state index in [1.165, 1.54) is 44.1 Å². The van der Waals surface area contributed by atoms with Crippen LogP contribution in [0.3, 0.4) is 0 Å². The van der Waals surface area contributed by atoms with Gasteiger partial charge < -0.3 is 0 Å². The Balaban J connectivity index is 1.97. The van der Waals surface area contributed by atoms with Gasteiger partial charge in [0, 0.05) is 9.85 Å². The molecule has 2 rings (SSSR count). The summed E-state index contributed by atoms with van der Waals surface area (Å²) in [5, 5.41) is 0.863. The first-order valence-electron chi connectivity index (χ1n) is 6.12. The highest BCUT2D eigenvalue weighted by molar-refractivity contribution is 9.09. The van der Waals surface area contributed by atoms with Crippen molar-refractivity contribution in [3.63, 3.8) is 0 Å². The van der Waals surface area contributed by atoms with Crippen LogP contribution in [0, 0.1) is 5.92 Å². The first-order valence-corrected chi connectivity index (χ1v) is 7.42. The van der Waals surface area contributed by atoms with Gasteiger partial charge in [-0.2, -0.15) is 0 Å². The smallest absolute Gasteiger partial charge is 0.0408 e. The second-order valence-corrected chi connectivity index (χ2v) is 6.55. The van der Waals surface area contributed by atoms with Gasteiger partial charge in [-0.05, 0) is 42.9 Å². The van der Waals surface area contributed by atoms with Crippen molar-refractivity contribution in [2.45, 2.75) is 43.4 Å². The van der Waals surface area contributed by atoms with Crippen molar-refractivity contribution in [1.82, 2.24) is 0 Å². The largest absolute Gasteiger partial charge is 0.0891 e. The average molecular weight is 302 g/mol. The zero-order valence-corrected chi connectivity index (χ0v) is 11.8. The van der Waals surface area contributed by atoms with Gasteiger partial charge in [0.25, 0.3) is 0 Å². The van der Waals surface area contributed by atoms with Crippen molar-refractivity contribution in [2.24, 2.45) is 5.92 Å². The number of benzene rings is 1. The third kappa shape index (κ3) is 3.78. The minimum atomic E-state index is 0.721. The maximum Gasteiger partial charge on any atom is 0.0408 e. The molecule has 1 aromatic carbocycles. The van der Waals surface area contributed by atoms with Crippen LogP contribution in [0.25, 0.3) is 0 Å². The SMILES string of the molecule is Clc1cccc(CC2CCCCC(Br)C2)c1. The van der Waals surface area contributed by atoms with E-state index in [2.05, 4.69) is 34.1 Å². The fraction of sp³-hybridized carbons (Fsp3) is 0.571. The van der Waals surface area contributed by atoms with Gasteiger partial charge in [0.2, 0.25) is 0 Å². The number of alkyl halides is 1. The van der Waals surface area contributed by atoms with Gasteiger partial charge in [-0.1, -0.05) is 58.9 Å². The Labute approximate surface area is 112 Å². The standard InChI is InChI=1S/C14H18BrCl/c15-13-6-2-1-4-11(9-13)8-12-5-3-7-14(16)10-12/h3,5,7,10-11,13H,1-2,4,6,8-9H2. The minimum Gasteiger partial charge on any atom is -0.0891 e. The van der Waals surface area contributed by atoms with E-state index >= 15 is 0 Å². The molecule has 0 spiro atoms. The topological polar surface area (TPSA) is 0 Å². The second kappa shape index (κ2) is 6.07. The molecule has 0 amide bonds. The summed E-state index contributed by atoms with van der Waals surface area (Å²) < 4.78 is 0. The van der Waals surface area contributed by atoms with Crippen LogP contribution >= 0.6 is 27.5 Å². The molecular formula is C14H18BrCl. The molecule has 2 heteroatoms. The zero-order chi connectivity index (χ0) is 11.4. The lowest BCUT2D eigenvalue weighted by Gasteiger charge is -2.16. The first kappa shape index (κ1) is 12.4. The van der Waals surface area contributed by atoms with Crippen molar-refractivity contribution in [3.05, 3.63) is 34.9 Å². The lowest BCUT2D eigenvalue weighted by atomic mass is 9.92. The molecule has 0 radical (unpaired) electrons. The van der Waals surface area contributed by atoms with Crippen LogP contribution in [0.15, 0.2) is 24.3 Å². The fourth-order valence-electron chi connectivity index (χ4n) is 2.58. The molecule has 1 aromatic rings. The summed E-state index contributed by atoms with van der Waals surface area (Å²) in [5.74, 6) is 0.824. The third-order valence-electron chi connectivity index (χ3n) is 3.38. The minimum absolute atomic E-state index is 0.721. The van der Waals surface area contributed by atoms with Crippen molar-refractivity contribution in [1.29, 1.82) is 0 Å². The second-order valence-electron chi connectivity index (χ2n) is 4.82. The summed E-state index contributed by atoms with van der Waals surface area (Å²) >= 11 is 9.79. The summed E-state index contributed by atoms with van der Waals surface area (Å²) in [7, 11) is 0. The van der Waals surface area contributed by atoms with Gasteiger partial charge in [-0.3, -0.25) is 0 Å². The quantitative estimate of drug-likeness (QED) is 0.518. The fourth-order valence-corrected chi connectivity index (χ4v) is 3.64. The molecule has 1 aliphatic rings. The Morgan fingerprint density at radius 2 is 2.06 bits per heavy atom. The average Bonchev–Trinajstić information content (AvgIpc) is 2.43. The van der Waals surface area contributed by atoms with Gasteiger partial charge in [0.1, 0.15) is 0 Å². The van der Waals surface area contributed by atoms with Crippen molar-refractivity contribution >= 4 is 27.5 Å². The van der Waals surface area contributed by atoms with Crippen molar-refractivity contribution in [2.75, 3.05) is 0 Å². The maximum atomic E-state index is 6.01. The molecule has 2 atom stereocenters. The van der Waals surface area contributed by atoms with E-state index in [1.54, 1.807) is 0 Å². The number of halogens is 2. The number of hydrogen-bond acceptors (Lipinski definition) is 0. The predicted molar refractivity (Wildman–Crippen MR) is 74.4 cm³/mol. The van der Waals surface area contributed by atoms with Crippen LogP contribution in [0.2, 0.25) is 5.02 Å². The molecule has 0 aliphatic heterocycles. The van der Waals surface area contributed by atoms with E-state index in [1.807, 2.05) is 6.07 Å². The maximum absolute atomic E-state index is 6.01. The summed E-state index contributed by atoms with van der Waals surface area (Å²) in [6.45, 7) is 0. The van der Waals surface area contributed by atoms with Gasteiger partial charge in [0.15, 0.2) is 0 Å². The van der Waals surface area contributed by atoms with Crippen LogP contribution < -0.4 is 0 Å². The van der Waals surface area contributed by atoms with E-state index in [4.69, 9.17) is 11.6 Å². The van der Waals surface area contributed by atoms with E-state index in [0.29, 0.717) is 0 Å². The summed E-state index contributed by atoms with van der Waals surface area (Å²) in [4.78, 5) is 0.721. The molecule has 2 unspecified atom stereocenters. The van der Waals surface area contributed by atoms with E-state index in [-0.39, 0.29) is 0 Å². The molecule has 0 N–H and O–H groups in total.